The van der Waals surface area contributed by atoms with E-state index in [2.05, 4.69) is 10.6 Å². The van der Waals surface area contributed by atoms with E-state index in [1.54, 1.807) is 20.8 Å². The SMILES string of the molecule is CC(C)C[C@@H](NC(=O)C1(NC(=O)OC(C)(C)C)CCC1)B(O)O. The third-order valence-corrected chi connectivity index (χ3v) is 3.78. The van der Waals surface area contributed by atoms with Crippen LogP contribution in [0.1, 0.15) is 60.3 Å². The molecule has 2 amide bonds. The molecule has 0 unspecified atom stereocenters. The molecule has 0 aromatic carbocycles. The molecule has 0 bridgehead atoms. The van der Waals surface area contributed by atoms with Gasteiger partial charge >= 0.3 is 13.2 Å². The third-order valence-electron chi connectivity index (χ3n) is 3.78. The van der Waals surface area contributed by atoms with Gasteiger partial charge in [0.2, 0.25) is 5.91 Å². The molecule has 0 aliphatic heterocycles. The summed E-state index contributed by atoms with van der Waals surface area (Å²) in [6.07, 6.45) is 1.63. The van der Waals surface area contributed by atoms with E-state index in [4.69, 9.17) is 4.74 Å². The standard InChI is InChI=1S/C15H29BN2O5/c1-10(2)9-11(16(21)22)17-12(19)15(7-6-8-15)18-13(20)23-14(3,4)5/h10-11,21-22H,6-9H2,1-5H3,(H,17,19)(H,18,20)/t11-/m1/s1. The summed E-state index contributed by atoms with van der Waals surface area (Å²) < 4.78 is 5.21. The van der Waals surface area contributed by atoms with Crippen molar-refractivity contribution in [3.05, 3.63) is 0 Å². The average molecular weight is 328 g/mol. The van der Waals surface area contributed by atoms with Gasteiger partial charge in [-0.1, -0.05) is 13.8 Å². The van der Waals surface area contributed by atoms with Crippen molar-refractivity contribution >= 4 is 19.1 Å². The summed E-state index contributed by atoms with van der Waals surface area (Å²) in [5.74, 6) is -0.966. The van der Waals surface area contributed by atoms with E-state index in [0.717, 1.165) is 6.42 Å². The lowest BCUT2D eigenvalue weighted by atomic mass is 9.72. The monoisotopic (exact) mass is 328 g/mol. The zero-order chi connectivity index (χ0) is 17.8. The van der Waals surface area contributed by atoms with Crippen LogP contribution in [0.5, 0.6) is 0 Å². The van der Waals surface area contributed by atoms with Crippen molar-refractivity contribution in [2.24, 2.45) is 5.92 Å². The van der Waals surface area contributed by atoms with Gasteiger partial charge < -0.3 is 25.4 Å². The molecule has 0 spiro atoms. The number of hydrogen-bond donors (Lipinski definition) is 4. The van der Waals surface area contributed by atoms with E-state index >= 15 is 0 Å². The summed E-state index contributed by atoms with van der Waals surface area (Å²) in [4.78, 5) is 24.5. The third kappa shape index (κ3) is 6.03. The first kappa shape index (κ1) is 19.8. The minimum atomic E-state index is -1.64. The largest absolute Gasteiger partial charge is 0.475 e. The number of carbonyl (C=O) groups excluding carboxylic acids is 2. The Kier molecular flexibility index (Phi) is 6.47. The van der Waals surface area contributed by atoms with Crippen LogP contribution < -0.4 is 10.6 Å². The predicted octanol–water partition coefficient (Wildman–Crippen LogP) is 0.977. The fourth-order valence-electron chi connectivity index (χ4n) is 2.51. The van der Waals surface area contributed by atoms with Gasteiger partial charge in [0.25, 0.3) is 0 Å². The highest BCUT2D eigenvalue weighted by atomic mass is 16.6. The Morgan fingerprint density at radius 3 is 2.17 bits per heavy atom. The van der Waals surface area contributed by atoms with Crippen molar-refractivity contribution in [2.75, 3.05) is 0 Å². The molecule has 1 aliphatic rings. The summed E-state index contributed by atoms with van der Waals surface area (Å²) in [5.41, 5.74) is -1.67. The van der Waals surface area contributed by atoms with Crippen LogP contribution in [-0.4, -0.2) is 46.2 Å². The second kappa shape index (κ2) is 7.53. The summed E-state index contributed by atoms with van der Waals surface area (Å²) in [7, 11) is -1.64. The molecule has 1 saturated carbocycles. The highest BCUT2D eigenvalue weighted by Crippen LogP contribution is 2.32. The quantitative estimate of drug-likeness (QED) is 0.544. The zero-order valence-corrected chi connectivity index (χ0v) is 14.7. The van der Waals surface area contributed by atoms with Crippen LogP contribution in [0.2, 0.25) is 0 Å². The lowest BCUT2D eigenvalue weighted by Crippen LogP contribution is -2.65. The first-order chi connectivity index (χ1) is 10.4. The molecule has 1 atom stereocenters. The van der Waals surface area contributed by atoms with Gasteiger partial charge in [-0.2, -0.15) is 0 Å². The maximum atomic E-state index is 12.5. The second-order valence-electron chi connectivity index (χ2n) is 7.69. The Bertz CT molecular complexity index is 430. The molecule has 1 fully saturated rings. The molecule has 4 N–H and O–H groups in total. The van der Waals surface area contributed by atoms with Crippen LogP contribution in [0, 0.1) is 5.92 Å². The van der Waals surface area contributed by atoms with Gasteiger partial charge in [-0.25, -0.2) is 4.79 Å². The minimum absolute atomic E-state index is 0.193. The topological polar surface area (TPSA) is 108 Å². The van der Waals surface area contributed by atoms with Crippen molar-refractivity contribution < 1.29 is 24.4 Å². The Hall–Kier alpha value is -1.28. The van der Waals surface area contributed by atoms with E-state index in [1.807, 2.05) is 13.8 Å². The number of alkyl carbamates (subject to hydrolysis) is 1. The van der Waals surface area contributed by atoms with Crippen molar-refractivity contribution in [1.82, 2.24) is 10.6 Å². The molecule has 0 radical (unpaired) electrons. The Labute approximate surface area is 138 Å². The molecular formula is C15H29BN2O5. The van der Waals surface area contributed by atoms with E-state index in [0.29, 0.717) is 19.3 Å². The van der Waals surface area contributed by atoms with E-state index < -0.39 is 36.2 Å². The van der Waals surface area contributed by atoms with Gasteiger partial charge in [0.15, 0.2) is 0 Å². The molecule has 1 rings (SSSR count). The van der Waals surface area contributed by atoms with E-state index in [1.165, 1.54) is 0 Å². The molecule has 132 valence electrons. The van der Waals surface area contributed by atoms with Gasteiger partial charge in [-0.3, -0.25) is 4.79 Å². The highest BCUT2D eigenvalue weighted by molar-refractivity contribution is 6.43. The van der Waals surface area contributed by atoms with Crippen LogP contribution in [0.15, 0.2) is 0 Å². The summed E-state index contributed by atoms with van der Waals surface area (Å²) in [6.45, 7) is 9.11. The van der Waals surface area contributed by atoms with E-state index in [9.17, 15) is 19.6 Å². The predicted molar refractivity (Wildman–Crippen MR) is 87.5 cm³/mol. The Morgan fingerprint density at radius 1 is 1.26 bits per heavy atom. The molecular weight excluding hydrogens is 299 g/mol. The maximum absolute atomic E-state index is 12.5. The molecule has 23 heavy (non-hydrogen) atoms. The molecule has 8 heteroatoms. The molecule has 0 aromatic rings. The lowest BCUT2D eigenvalue weighted by molar-refractivity contribution is -0.131. The fraction of sp³-hybridized carbons (Fsp3) is 0.867. The van der Waals surface area contributed by atoms with Crippen molar-refractivity contribution in [3.63, 3.8) is 0 Å². The molecule has 7 nitrogen and oxygen atoms in total. The number of hydrogen-bond acceptors (Lipinski definition) is 5. The van der Waals surface area contributed by atoms with E-state index in [-0.39, 0.29) is 5.92 Å². The smallest absolute Gasteiger partial charge is 0.444 e. The van der Waals surface area contributed by atoms with Crippen LogP contribution >= 0.6 is 0 Å². The first-order valence-corrected chi connectivity index (χ1v) is 8.13. The molecule has 0 heterocycles. The van der Waals surface area contributed by atoms with Crippen LogP contribution in [0.4, 0.5) is 4.79 Å². The minimum Gasteiger partial charge on any atom is -0.444 e. The summed E-state index contributed by atoms with van der Waals surface area (Å²) >= 11 is 0. The Morgan fingerprint density at radius 2 is 1.83 bits per heavy atom. The lowest BCUT2D eigenvalue weighted by Gasteiger charge is -2.41. The Balaban J connectivity index is 2.71. The average Bonchev–Trinajstić information content (AvgIpc) is 2.29. The normalized spacial score (nSPS) is 17.9. The number of nitrogens with one attached hydrogen (secondary N) is 2. The van der Waals surface area contributed by atoms with Gasteiger partial charge in [0.05, 0.1) is 5.94 Å². The molecule has 1 aliphatic carbocycles. The first-order valence-electron chi connectivity index (χ1n) is 8.13. The van der Waals surface area contributed by atoms with Gasteiger partial charge in [-0.05, 0) is 52.4 Å². The number of amides is 2. The molecule has 0 aromatic heterocycles. The maximum Gasteiger partial charge on any atom is 0.475 e. The van der Waals surface area contributed by atoms with Crippen LogP contribution in [-0.2, 0) is 9.53 Å². The zero-order valence-electron chi connectivity index (χ0n) is 14.7. The van der Waals surface area contributed by atoms with Crippen molar-refractivity contribution in [3.8, 4) is 0 Å². The van der Waals surface area contributed by atoms with Crippen molar-refractivity contribution in [2.45, 2.75) is 77.4 Å². The van der Waals surface area contributed by atoms with Crippen LogP contribution in [0.3, 0.4) is 0 Å². The summed E-state index contributed by atoms with van der Waals surface area (Å²) in [5, 5.41) is 24.2. The second-order valence-corrected chi connectivity index (χ2v) is 7.69. The number of ether oxygens (including phenoxy) is 1. The highest BCUT2D eigenvalue weighted by Gasteiger charge is 2.47. The fourth-order valence-corrected chi connectivity index (χ4v) is 2.51. The van der Waals surface area contributed by atoms with Gasteiger partial charge in [0, 0.05) is 0 Å². The number of carbonyl (C=O) groups is 2. The summed E-state index contributed by atoms with van der Waals surface area (Å²) in [6, 6.07) is 0. The van der Waals surface area contributed by atoms with Gasteiger partial charge in [0.1, 0.15) is 11.1 Å². The van der Waals surface area contributed by atoms with Crippen molar-refractivity contribution in [1.29, 1.82) is 0 Å². The molecule has 0 saturated heterocycles. The number of rotatable bonds is 6. The van der Waals surface area contributed by atoms with Gasteiger partial charge in [-0.15, -0.1) is 0 Å². The van der Waals surface area contributed by atoms with Crippen LogP contribution in [0.25, 0.3) is 0 Å².